The summed E-state index contributed by atoms with van der Waals surface area (Å²) in [6.45, 7) is 1.49. The van der Waals surface area contributed by atoms with Crippen molar-refractivity contribution in [2.75, 3.05) is 13.2 Å². The Morgan fingerprint density at radius 1 is 1.38 bits per heavy atom. The molecule has 4 rings (SSSR count). The standard InChI is InChI=1S/C14H13ClN4OS/c15-7-9-2-1-3-10(6-9)13-18-19-12(11-4-5-20-8-11)16-17-14(19)21-13/h1-3,6,11H,4-5,7-8H2. The van der Waals surface area contributed by atoms with Crippen molar-refractivity contribution < 1.29 is 4.74 Å². The molecule has 108 valence electrons. The van der Waals surface area contributed by atoms with Crippen LogP contribution in [0.4, 0.5) is 0 Å². The zero-order valence-electron chi connectivity index (χ0n) is 11.2. The number of nitrogens with zero attached hydrogens (tertiary/aromatic N) is 4. The minimum Gasteiger partial charge on any atom is -0.381 e. The summed E-state index contributed by atoms with van der Waals surface area (Å²) in [5, 5.41) is 14.1. The van der Waals surface area contributed by atoms with Crippen LogP contribution in [-0.4, -0.2) is 33.0 Å². The maximum absolute atomic E-state index is 5.90. The Bertz CT molecular complexity index is 778. The monoisotopic (exact) mass is 320 g/mol. The number of fused-ring (bicyclic) bond motifs is 1. The van der Waals surface area contributed by atoms with Crippen molar-refractivity contribution >= 4 is 27.9 Å². The zero-order chi connectivity index (χ0) is 14.2. The van der Waals surface area contributed by atoms with Crippen molar-refractivity contribution in [1.29, 1.82) is 0 Å². The van der Waals surface area contributed by atoms with Crippen LogP contribution in [0.5, 0.6) is 0 Å². The summed E-state index contributed by atoms with van der Waals surface area (Å²) in [5.74, 6) is 1.70. The lowest BCUT2D eigenvalue weighted by atomic mass is 10.1. The predicted octanol–water partition coefficient (Wildman–Crippen LogP) is 3.10. The van der Waals surface area contributed by atoms with Crippen LogP contribution in [0.3, 0.4) is 0 Å². The van der Waals surface area contributed by atoms with E-state index in [9.17, 15) is 0 Å². The van der Waals surface area contributed by atoms with E-state index in [0.29, 0.717) is 18.4 Å². The molecule has 0 amide bonds. The van der Waals surface area contributed by atoms with Gasteiger partial charge in [-0.1, -0.05) is 29.5 Å². The summed E-state index contributed by atoms with van der Waals surface area (Å²) in [6, 6.07) is 8.12. The summed E-state index contributed by atoms with van der Waals surface area (Å²) in [7, 11) is 0. The van der Waals surface area contributed by atoms with Crippen LogP contribution in [0.1, 0.15) is 23.7 Å². The maximum atomic E-state index is 5.90. The SMILES string of the molecule is ClCc1cccc(-c2nn3c(C4CCOC4)nnc3s2)c1. The van der Waals surface area contributed by atoms with E-state index in [0.717, 1.165) is 39.9 Å². The highest BCUT2D eigenvalue weighted by atomic mass is 35.5. The lowest BCUT2D eigenvalue weighted by Crippen LogP contribution is -2.04. The van der Waals surface area contributed by atoms with E-state index in [4.69, 9.17) is 16.3 Å². The molecular formula is C14H13ClN4OS. The molecule has 3 heterocycles. The molecule has 1 aliphatic rings. The normalized spacial score (nSPS) is 18.6. The van der Waals surface area contributed by atoms with Gasteiger partial charge >= 0.3 is 0 Å². The van der Waals surface area contributed by atoms with Crippen molar-refractivity contribution in [2.24, 2.45) is 0 Å². The Hall–Kier alpha value is -1.50. The van der Waals surface area contributed by atoms with E-state index in [1.807, 2.05) is 22.7 Å². The Balaban J connectivity index is 1.76. The molecule has 1 aromatic carbocycles. The smallest absolute Gasteiger partial charge is 0.234 e. The summed E-state index contributed by atoms with van der Waals surface area (Å²) in [4.78, 5) is 0.822. The van der Waals surface area contributed by atoms with E-state index in [-0.39, 0.29) is 0 Å². The Morgan fingerprint density at radius 2 is 2.33 bits per heavy atom. The average molecular weight is 321 g/mol. The second-order valence-corrected chi connectivity index (χ2v) is 6.28. The highest BCUT2D eigenvalue weighted by Crippen LogP contribution is 2.30. The Labute approximate surface area is 130 Å². The van der Waals surface area contributed by atoms with Crippen molar-refractivity contribution in [2.45, 2.75) is 18.2 Å². The number of aromatic nitrogens is 4. The first-order valence-corrected chi connectivity index (χ1v) is 8.15. The lowest BCUT2D eigenvalue weighted by molar-refractivity contribution is 0.193. The number of benzene rings is 1. The molecule has 0 bridgehead atoms. The van der Waals surface area contributed by atoms with Crippen molar-refractivity contribution in [3.05, 3.63) is 35.7 Å². The van der Waals surface area contributed by atoms with E-state index in [1.165, 1.54) is 0 Å². The third-order valence-corrected chi connectivity index (χ3v) is 4.89. The second-order valence-electron chi connectivity index (χ2n) is 5.05. The van der Waals surface area contributed by atoms with Crippen LogP contribution in [0.15, 0.2) is 24.3 Å². The number of ether oxygens (including phenoxy) is 1. The van der Waals surface area contributed by atoms with Gasteiger partial charge in [0.15, 0.2) is 5.82 Å². The Kier molecular flexibility index (Phi) is 3.37. The van der Waals surface area contributed by atoms with Crippen LogP contribution in [-0.2, 0) is 10.6 Å². The highest BCUT2D eigenvalue weighted by Gasteiger charge is 2.25. The van der Waals surface area contributed by atoms with Crippen molar-refractivity contribution in [3.8, 4) is 10.6 Å². The average Bonchev–Trinajstić information content (AvgIpc) is 3.23. The summed E-state index contributed by atoms with van der Waals surface area (Å²) in [6.07, 6.45) is 0.982. The number of hydrogen-bond acceptors (Lipinski definition) is 5. The molecule has 1 aliphatic heterocycles. The molecular weight excluding hydrogens is 308 g/mol. The van der Waals surface area contributed by atoms with Gasteiger partial charge < -0.3 is 4.74 Å². The molecule has 3 aromatic rings. The number of halogens is 1. The molecule has 1 saturated heterocycles. The van der Waals surface area contributed by atoms with E-state index < -0.39 is 0 Å². The van der Waals surface area contributed by atoms with Gasteiger partial charge in [-0.2, -0.15) is 9.61 Å². The number of alkyl halides is 1. The molecule has 7 heteroatoms. The fraction of sp³-hybridized carbons (Fsp3) is 0.357. The van der Waals surface area contributed by atoms with Crippen LogP contribution in [0.2, 0.25) is 0 Å². The van der Waals surface area contributed by atoms with Crippen molar-refractivity contribution in [3.63, 3.8) is 0 Å². The first-order valence-electron chi connectivity index (χ1n) is 6.80. The van der Waals surface area contributed by atoms with Gasteiger partial charge in [-0.05, 0) is 18.1 Å². The van der Waals surface area contributed by atoms with Crippen LogP contribution in [0.25, 0.3) is 15.5 Å². The molecule has 1 unspecified atom stereocenters. The largest absolute Gasteiger partial charge is 0.381 e. The molecule has 0 aliphatic carbocycles. The number of rotatable bonds is 3. The molecule has 0 radical (unpaired) electrons. The molecule has 0 saturated carbocycles. The quantitative estimate of drug-likeness (QED) is 0.696. The first kappa shape index (κ1) is 13.2. The highest BCUT2D eigenvalue weighted by molar-refractivity contribution is 7.19. The lowest BCUT2D eigenvalue weighted by Gasteiger charge is -2.02. The van der Waals surface area contributed by atoms with Gasteiger partial charge in [0.2, 0.25) is 4.96 Å². The summed E-state index contributed by atoms with van der Waals surface area (Å²) in [5.41, 5.74) is 2.15. The first-order chi connectivity index (χ1) is 10.3. The maximum Gasteiger partial charge on any atom is 0.234 e. The summed E-state index contributed by atoms with van der Waals surface area (Å²) >= 11 is 7.44. The van der Waals surface area contributed by atoms with Gasteiger partial charge in [-0.3, -0.25) is 0 Å². The predicted molar refractivity (Wildman–Crippen MR) is 81.8 cm³/mol. The van der Waals surface area contributed by atoms with E-state index in [1.54, 1.807) is 11.3 Å². The minimum atomic E-state index is 0.295. The van der Waals surface area contributed by atoms with Gasteiger partial charge in [0.05, 0.1) is 6.61 Å². The fourth-order valence-electron chi connectivity index (χ4n) is 2.53. The molecule has 2 aromatic heterocycles. The minimum absolute atomic E-state index is 0.295. The molecule has 21 heavy (non-hydrogen) atoms. The number of hydrogen-bond donors (Lipinski definition) is 0. The third-order valence-electron chi connectivity index (χ3n) is 3.64. The van der Waals surface area contributed by atoms with Crippen LogP contribution < -0.4 is 0 Å². The third kappa shape index (κ3) is 2.33. The Morgan fingerprint density at radius 3 is 3.14 bits per heavy atom. The zero-order valence-corrected chi connectivity index (χ0v) is 12.8. The molecule has 0 spiro atoms. The molecule has 1 fully saturated rings. The molecule has 1 atom stereocenters. The van der Waals surface area contributed by atoms with Crippen LogP contribution >= 0.6 is 22.9 Å². The second kappa shape index (κ2) is 5.36. The fourth-order valence-corrected chi connectivity index (χ4v) is 3.54. The molecule has 0 N–H and O–H groups in total. The summed E-state index contributed by atoms with van der Waals surface area (Å²) < 4.78 is 7.29. The topological polar surface area (TPSA) is 52.3 Å². The van der Waals surface area contributed by atoms with Crippen LogP contribution in [0, 0.1) is 0 Å². The van der Waals surface area contributed by atoms with Gasteiger partial charge in [-0.25, -0.2) is 0 Å². The van der Waals surface area contributed by atoms with Gasteiger partial charge in [0, 0.05) is 24.0 Å². The van der Waals surface area contributed by atoms with Gasteiger partial charge in [0.1, 0.15) is 5.01 Å². The molecule has 5 nitrogen and oxygen atoms in total. The van der Waals surface area contributed by atoms with Gasteiger partial charge in [-0.15, -0.1) is 21.8 Å². The van der Waals surface area contributed by atoms with E-state index in [2.05, 4.69) is 21.4 Å². The van der Waals surface area contributed by atoms with Gasteiger partial charge in [0.25, 0.3) is 0 Å². The van der Waals surface area contributed by atoms with Crippen molar-refractivity contribution in [1.82, 2.24) is 19.8 Å². The van der Waals surface area contributed by atoms with E-state index >= 15 is 0 Å².